The van der Waals surface area contributed by atoms with Gasteiger partial charge in [0.25, 0.3) is 0 Å². The summed E-state index contributed by atoms with van der Waals surface area (Å²) in [6.45, 7) is 15.3. The van der Waals surface area contributed by atoms with Gasteiger partial charge in [0.05, 0.1) is 33.0 Å². The molecule has 0 aromatic heterocycles. The van der Waals surface area contributed by atoms with Crippen LogP contribution in [0.4, 0.5) is 0 Å². The van der Waals surface area contributed by atoms with Crippen LogP contribution in [0.15, 0.2) is 18.2 Å². The number of nitrogens with zero attached hydrogens (tertiary/aromatic N) is 1. The van der Waals surface area contributed by atoms with E-state index >= 15 is 0 Å². The molecule has 10 heteroatoms. The zero-order chi connectivity index (χ0) is 32.8. The van der Waals surface area contributed by atoms with Gasteiger partial charge >= 0.3 is 0 Å². The first-order valence-corrected chi connectivity index (χ1v) is 16.3. The van der Waals surface area contributed by atoms with Gasteiger partial charge in [0.2, 0.25) is 11.8 Å². The minimum absolute atomic E-state index is 0.0364. The second kappa shape index (κ2) is 19.2. The first kappa shape index (κ1) is 37.8. The van der Waals surface area contributed by atoms with Gasteiger partial charge in [-0.3, -0.25) is 9.59 Å². The molecule has 2 rings (SSSR count). The Kier molecular flexibility index (Phi) is 16.5. The molecular formula is C34H59N3O7. The summed E-state index contributed by atoms with van der Waals surface area (Å²) in [5, 5.41) is 14.3. The van der Waals surface area contributed by atoms with Crippen LogP contribution in [0.25, 0.3) is 0 Å². The molecule has 0 unspecified atom stereocenters. The number of hydrogen-bond donors (Lipinski definition) is 3. The summed E-state index contributed by atoms with van der Waals surface area (Å²) in [6, 6.07) is 4.85. The number of morpholine rings is 1. The van der Waals surface area contributed by atoms with Crippen LogP contribution in [0.2, 0.25) is 0 Å². The number of amides is 2. The van der Waals surface area contributed by atoms with E-state index in [0.717, 1.165) is 18.4 Å². The van der Waals surface area contributed by atoms with E-state index in [1.54, 1.807) is 19.1 Å². The highest BCUT2D eigenvalue weighted by Crippen LogP contribution is 2.32. The lowest BCUT2D eigenvalue weighted by molar-refractivity contribution is -0.142. The van der Waals surface area contributed by atoms with Gasteiger partial charge in [-0.25, -0.2) is 0 Å². The van der Waals surface area contributed by atoms with E-state index in [1.807, 2.05) is 45.9 Å². The fraction of sp³-hybridized carbons (Fsp3) is 0.765. The number of ether oxygens (including phenoxy) is 4. The van der Waals surface area contributed by atoms with Crippen molar-refractivity contribution in [1.29, 1.82) is 0 Å². The number of rotatable bonds is 19. The van der Waals surface area contributed by atoms with Crippen LogP contribution in [0.1, 0.15) is 66.4 Å². The van der Waals surface area contributed by atoms with Crippen LogP contribution in [0.5, 0.6) is 11.5 Å². The van der Waals surface area contributed by atoms with Crippen molar-refractivity contribution in [3.63, 3.8) is 0 Å². The van der Waals surface area contributed by atoms with Crippen molar-refractivity contribution in [3.05, 3.63) is 23.8 Å². The number of hydrogen-bond acceptors (Lipinski definition) is 8. The number of benzene rings is 1. The number of methoxy groups -OCH3 is 2. The second-order valence-electron chi connectivity index (χ2n) is 13.1. The van der Waals surface area contributed by atoms with Gasteiger partial charge in [0.1, 0.15) is 6.04 Å². The highest BCUT2D eigenvalue weighted by Gasteiger charge is 2.34. The van der Waals surface area contributed by atoms with Crippen LogP contribution in [0, 0.1) is 29.6 Å². The van der Waals surface area contributed by atoms with Crippen LogP contribution in [0.3, 0.4) is 0 Å². The summed E-state index contributed by atoms with van der Waals surface area (Å²) < 4.78 is 22.0. The topological polar surface area (TPSA) is 133 Å². The van der Waals surface area contributed by atoms with Crippen molar-refractivity contribution in [2.45, 2.75) is 85.4 Å². The quantitative estimate of drug-likeness (QED) is 0.200. The Hall–Kier alpha value is -2.40. The van der Waals surface area contributed by atoms with E-state index in [1.165, 1.54) is 0 Å². The molecule has 4 N–H and O–H groups in total. The number of carbonyl (C=O) groups excluding carboxylic acids is 2. The average molecular weight is 622 g/mol. The first-order valence-electron chi connectivity index (χ1n) is 16.3. The second-order valence-corrected chi connectivity index (χ2v) is 13.1. The Labute approximate surface area is 265 Å². The maximum Gasteiger partial charge on any atom is 0.245 e. The van der Waals surface area contributed by atoms with Gasteiger partial charge < -0.3 is 40.0 Å². The molecule has 2 amide bonds. The Morgan fingerprint density at radius 2 is 1.66 bits per heavy atom. The summed E-state index contributed by atoms with van der Waals surface area (Å²) in [6.07, 6.45) is 1.52. The molecule has 10 nitrogen and oxygen atoms in total. The van der Waals surface area contributed by atoms with E-state index in [9.17, 15) is 14.7 Å². The van der Waals surface area contributed by atoms with Crippen LogP contribution in [-0.2, 0) is 25.5 Å². The smallest absolute Gasteiger partial charge is 0.245 e. The largest absolute Gasteiger partial charge is 0.493 e. The standard InChI is InChI=1S/C34H59N3O7/c1-22(2)26(18-25-10-11-30(42-8)31(19-25)44-15-9-14-41-7)20-28(35)29(38)21-27(23(3)4)33(39)36-32(24(5)6)34(40)37-12-16-43-17-13-37/h10-11,19,22-24,26-29,32,38H,9,12-18,20-21,35H2,1-8H3,(H,36,39)/t26-,27-,28-,29-,32-/m0/s1. The van der Waals surface area contributed by atoms with Crippen LogP contribution in [-0.4, -0.2) is 93.7 Å². The zero-order valence-corrected chi connectivity index (χ0v) is 28.3. The summed E-state index contributed by atoms with van der Waals surface area (Å²) in [4.78, 5) is 28.5. The first-order chi connectivity index (χ1) is 20.9. The molecule has 44 heavy (non-hydrogen) atoms. The van der Waals surface area contributed by atoms with Crippen molar-refractivity contribution >= 4 is 11.8 Å². The molecule has 1 saturated heterocycles. The van der Waals surface area contributed by atoms with Gasteiger partial charge in [-0.1, -0.05) is 47.6 Å². The molecular weight excluding hydrogens is 562 g/mol. The van der Waals surface area contributed by atoms with Gasteiger partial charge in [0.15, 0.2) is 11.5 Å². The average Bonchev–Trinajstić information content (AvgIpc) is 2.99. The summed E-state index contributed by atoms with van der Waals surface area (Å²) >= 11 is 0. The number of carbonyl (C=O) groups is 2. The lowest BCUT2D eigenvalue weighted by Gasteiger charge is -2.34. The van der Waals surface area contributed by atoms with Crippen molar-refractivity contribution in [2.75, 3.05) is 53.7 Å². The molecule has 1 fully saturated rings. The Morgan fingerprint density at radius 3 is 2.23 bits per heavy atom. The fourth-order valence-corrected chi connectivity index (χ4v) is 5.62. The number of nitrogens with one attached hydrogen (secondary N) is 1. The van der Waals surface area contributed by atoms with Crippen molar-refractivity contribution in [2.24, 2.45) is 35.3 Å². The predicted molar refractivity (Wildman–Crippen MR) is 173 cm³/mol. The maximum absolute atomic E-state index is 13.5. The molecule has 1 heterocycles. The third-order valence-electron chi connectivity index (χ3n) is 8.68. The Balaban J connectivity index is 2.06. The van der Waals surface area contributed by atoms with Crippen molar-refractivity contribution in [1.82, 2.24) is 10.2 Å². The summed E-state index contributed by atoms with van der Waals surface area (Å²) in [7, 11) is 3.30. The third-order valence-corrected chi connectivity index (χ3v) is 8.68. The minimum atomic E-state index is -0.864. The van der Waals surface area contributed by atoms with Gasteiger partial charge in [0, 0.05) is 45.2 Å². The molecule has 252 valence electrons. The van der Waals surface area contributed by atoms with E-state index in [0.29, 0.717) is 63.4 Å². The highest BCUT2D eigenvalue weighted by molar-refractivity contribution is 5.89. The molecule has 0 saturated carbocycles. The lowest BCUT2D eigenvalue weighted by Crippen LogP contribution is -2.55. The van der Waals surface area contributed by atoms with Gasteiger partial charge in [-0.05, 0) is 60.6 Å². The SMILES string of the molecule is COCCCOc1cc(C[C@@H](C[C@H](N)[C@@H](O)C[C@H](C(=O)N[C@H](C(=O)N2CCOCC2)C(C)C)C(C)C)C(C)C)ccc1OC. The normalized spacial score (nSPS) is 17.3. The highest BCUT2D eigenvalue weighted by atomic mass is 16.5. The number of nitrogens with two attached hydrogens (primary N) is 1. The molecule has 1 aliphatic heterocycles. The molecule has 0 bridgehead atoms. The fourth-order valence-electron chi connectivity index (χ4n) is 5.62. The zero-order valence-electron chi connectivity index (χ0n) is 28.3. The Morgan fingerprint density at radius 1 is 0.977 bits per heavy atom. The molecule has 1 aromatic carbocycles. The molecule has 5 atom stereocenters. The van der Waals surface area contributed by atoms with Crippen molar-refractivity contribution < 1.29 is 33.6 Å². The molecule has 0 aliphatic carbocycles. The summed E-state index contributed by atoms with van der Waals surface area (Å²) in [5.74, 6) is 1.02. The number of aliphatic hydroxyl groups excluding tert-OH is 1. The molecule has 0 spiro atoms. The maximum atomic E-state index is 13.5. The van der Waals surface area contributed by atoms with E-state index in [4.69, 9.17) is 24.7 Å². The van der Waals surface area contributed by atoms with E-state index in [-0.39, 0.29) is 36.0 Å². The van der Waals surface area contributed by atoms with Crippen LogP contribution < -0.4 is 20.5 Å². The third kappa shape index (κ3) is 11.8. The Bertz CT molecular complexity index is 997. The van der Waals surface area contributed by atoms with E-state index in [2.05, 4.69) is 19.2 Å². The monoisotopic (exact) mass is 621 g/mol. The lowest BCUT2D eigenvalue weighted by atomic mass is 9.80. The number of aliphatic hydroxyl groups is 1. The molecule has 1 aromatic rings. The summed E-state index contributed by atoms with van der Waals surface area (Å²) in [5.41, 5.74) is 7.72. The minimum Gasteiger partial charge on any atom is -0.493 e. The van der Waals surface area contributed by atoms with Crippen LogP contribution >= 0.6 is 0 Å². The van der Waals surface area contributed by atoms with Gasteiger partial charge in [-0.15, -0.1) is 0 Å². The van der Waals surface area contributed by atoms with E-state index < -0.39 is 24.1 Å². The molecule has 1 aliphatic rings. The molecule has 0 radical (unpaired) electrons. The predicted octanol–water partition coefficient (Wildman–Crippen LogP) is 3.67. The van der Waals surface area contributed by atoms with Crippen molar-refractivity contribution in [3.8, 4) is 11.5 Å². The van der Waals surface area contributed by atoms with Gasteiger partial charge in [-0.2, -0.15) is 0 Å².